The second kappa shape index (κ2) is 11.4. The lowest BCUT2D eigenvalue weighted by atomic mass is 9.93. The van der Waals surface area contributed by atoms with Crippen LogP contribution >= 0.6 is 0 Å². The molecule has 3 N–H and O–H groups in total. The molecule has 1 aromatic rings. The third-order valence-corrected chi connectivity index (χ3v) is 5.97. The van der Waals surface area contributed by atoms with Crippen LogP contribution in [0, 0.1) is 6.92 Å². The molecule has 0 saturated carbocycles. The van der Waals surface area contributed by atoms with Gasteiger partial charge in [0.25, 0.3) is 0 Å². The van der Waals surface area contributed by atoms with E-state index in [4.69, 9.17) is 4.74 Å². The summed E-state index contributed by atoms with van der Waals surface area (Å²) >= 11 is 0. The largest absolute Gasteiger partial charge is 0.444 e. The van der Waals surface area contributed by atoms with Crippen LogP contribution in [-0.4, -0.2) is 60.9 Å². The van der Waals surface area contributed by atoms with Gasteiger partial charge in [-0.3, -0.25) is 4.99 Å². The summed E-state index contributed by atoms with van der Waals surface area (Å²) in [6.07, 6.45) is 3.21. The average Bonchev–Trinajstić information content (AvgIpc) is 2.74. The summed E-state index contributed by atoms with van der Waals surface area (Å²) in [5.41, 5.74) is 0.119. The Morgan fingerprint density at radius 1 is 1.22 bits per heavy atom. The van der Waals surface area contributed by atoms with E-state index in [0.29, 0.717) is 12.6 Å². The van der Waals surface area contributed by atoms with E-state index in [0.717, 1.165) is 56.2 Å². The first kappa shape index (κ1) is 25.7. The Labute approximate surface area is 193 Å². The van der Waals surface area contributed by atoms with Crippen LogP contribution in [0.1, 0.15) is 66.0 Å². The summed E-state index contributed by atoms with van der Waals surface area (Å²) in [6, 6.07) is 6.51. The van der Waals surface area contributed by atoms with Crippen molar-refractivity contribution in [1.29, 1.82) is 0 Å². The Bertz CT molecular complexity index is 762. The van der Waals surface area contributed by atoms with E-state index in [1.165, 1.54) is 0 Å². The molecule has 32 heavy (non-hydrogen) atoms. The van der Waals surface area contributed by atoms with Crippen LogP contribution in [0.15, 0.2) is 23.2 Å². The van der Waals surface area contributed by atoms with Crippen LogP contribution in [0.5, 0.6) is 0 Å². The predicted octanol–water partition coefficient (Wildman–Crippen LogP) is 3.61. The number of hydrogen-bond acceptors (Lipinski definition) is 5. The molecule has 180 valence electrons. The van der Waals surface area contributed by atoms with Gasteiger partial charge in [-0.15, -0.1) is 0 Å². The number of guanidine groups is 1. The maximum Gasteiger partial charge on any atom is 0.408 e. The minimum Gasteiger partial charge on any atom is -0.444 e. The maximum absolute atomic E-state index is 12.4. The molecule has 1 fully saturated rings. The molecule has 0 bridgehead atoms. The quantitative estimate of drug-likeness (QED) is 0.438. The highest BCUT2D eigenvalue weighted by molar-refractivity contribution is 5.80. The topological polar surface area (TPSA) is 90.9 Å². The number of carbonyl (C=O) groups is 1. The van der Waals surface area contributed by atoms with Crippen LogP contribution < -0.4 is 20.9 Å². The molecule has 1 aromatic heterocycles. The Balaban J connectivity index is 1.88. The van der Waals surface area contributed by atoms with Crippen molar-refractivity contribution >= 4 is 17.9 Å². The monoisotopic (exact) mass is 446 g/mol. The van der Waals surface area contributed by atoms with Gasteiger partial charge in [0.1, 0.15) is 11.4 Å². The number of aryl methyl sites for hydroxylation is 1. The SMILES string of the molecule is CCC(CC)(CNC(=NC)NC1CCN(c2cccc(C)n2)CC1)NC(=O)OC(C)(C)C. The maximum atomic E-state index is 12.4. The van der Waals surface area contributed by atoms with Gasteiger partial charge in [-0.25, -0.2) is 9.78 Å². The zero-order valence-electron chi connectivity index (χ0n) is 20.9. The molecule has 1 aliphatic heterocycles. The zero-order valence-corrected chi connectivity index (χ0v) is 20.9. The molecule has 8 nitrogen and oxygen atoms in total. The second-order valence-electron chi connectivity index (χ2n) is 9.58. The molecule has 0 radical (unpaired) electrons. The third kappa shape index (κ3) is 7.88. The molecule has 0 atom stereocenters. The minimum atomic E-state index is -0.523. The number of nitrogens with zero attached hydrogens (tertiary/aromatic N) is 3. The van der Waals surface area contributed by atoms with Crippen LogP contribution in [0.4, 0.5) is 10.6 Å². The fourth-order valence-corrected chi connectivity index (χ4v) is 3.84. The van der Waals surface area contributed by atoms with Crippen molar-refractivity contribution in [3.8, 4) is 0 Å². The number of aromatic nitrogens is 1. The van der Waals surface area contributed by atoms with Crippen molar-refractivity contribution in [2.75, 3.05) is 31.6 Å². The molecule has 2 heterocycles. The summed E-state index contributed by atoms with van der Waals surface area (Å²) < 4.78 is 5.47. The van der Waals surface area contributed by atoms with E-state index in [1.54, 1.807) is 7.05 Å². The van der Waals surface area contributed by atoms with Gasteiger partial charge < -0.3 is 25.6 Å². The highest BCUT2D eigenvalue weighted by Gasteiger charge is 2.31. The Morgan fingerprint density at radius 3 is 2.41 bits per heavy atom. The van der Waals surface area contributed by atoms with Gasteiger partial charge in [0.15, 0.2) is 5.96 Å². The number of piperidine rings is 1. The van der Waals surface area contributed by atoms with E-state index >= 15 is 0 Å². The first-order valence-electron chi connectivity index (χ1n) is 11.8. The second-order valence-corrected chi connectivity index (χ2v) is 9.58. The predicted molar refractivity (Wildman–Crippen MR) is 131 cm³/mol. The van der Waals surface area contributed by atoms with E-state index in [-0.39, 0.29) is 6.09 Å². The van der Waals surface area contributed by atoms with Crippen molar-refractivity contribution in [3.63, 3.8) is 0 Å². The van der Waals surface area contributed by atoms with Crippen LogP contribution in [0.3, 0.4) is 0 Å². The summed E-state index contributed by atoms with van der Waals surface area (Å²) in [5.74, 6) is 1.81. The smallest absolute Gasteiger partial charge is 0.408 e. The van der Waals surface area contributed by atoms with Crippen molar-refractivity contribution in [2.24, 2.45) is 4.99 Å². The lowest BCUT2D eigenvalue weighted by molar-refractivity contribution is 0.0448. The number of amides is 1. The first-order chi connectivity index (χ1) is 15.1. The van der Waals surface area contributed by atoms with Gasteiger partial charge in [-0.1, -0.05) is 19.9 Å². The van der Waals surface area contributed by atoms with Crippen LogP contribution in [0.25, 0.3) is 0 Å². The van der Waals surface area contributed by atoms with Crippen LogP contribution in [0.2, 0.25) is 0 Å². The number of anilines is 1. The van der Waals surface area contributed by atoms with Crippen LogP contribution in [-0.2, 0) is 4.74 Å². The first-order valence-corrected chi connectivity index (χ1v) is 11.8. The zero-order chi connectivity index (χ0) is 23.8. The molecule has 1 aliphatic rings. The van der Waals surface area contributed by atoms with Gasteiger partial charge in [0.05, 0.1) is 5.54 Å². The van der Waals surface area contributed by atoms with Gasteiger partial charge >= 0.3 is 6.09 Å². The van der Waals surface area contributed by atoms with E-state index in [2.05, 4.69) is 56.8 Å². The summed E-state index contributed by atoms with van der Waals surface area (Å²) in [5, 5.41) is 10.0. The lowest BCUT2D eigenvalue weighted by Gasteiger charge is -2.36. The minimum absolute atomic E-state index is 0.346. The fourth-order valence-electron chi connectivity index (χ4n) is 3.84. The molecule has 0 spiro atoms. The number of rotatable bonds is 7. The van der Waals surface area contributed by atoms with Crippen molar-refractivity contribution < 1.29 is 9.53 Å². The van der Waals surface area contributed by atoms with Crippen molar-refractivity contribution in [1.82, 2.24) is 20.9 Å². The lowest BCUT2D eigenvalue weighted by Crippen LogP contribution is -2.58. The van der Waals surface area contributed by atoms with Gasteiger partial charge in [0, 0.05) is 38.4 Å². The van der Waals surface area contributed by atoms with E-state index in [1.807, 2.05) is 33.8 Å². The number of hydrogen-bond donors (Lipinski definition) is 3. The molecular formula is C24H42N6O2. The number of carbonyl (C=O) groups excluding carboxylic acids is 1. The van der Waals surface area contributed by atoms with E-state index in [9.17, 15) is 4.79 Å². The molecule has 0 aromatic carbocycles. The number of nitrogens with one attached hydrogen (secondary N) is 3. The van der Waals surface area contributed by atoms with Gasteiger partial charge in [0.2, 0.25) is 0 Å². The number of pyridine rings is 1. The molecule has 1 amide bonds. The van der Waals surface area contributed by atoms with Gasteiger partial charge in [-0.05, 0) is 65.5 Å². The highest BCUT2D eigenvalue weighted by Crippen LogP contribution is 2.19. The standard InChI is InChI=1S/C24H42N6O2/c1-8-24(9-2,29-22(31)32-23(4,5)6)17-26-21(25-7)28-19-13-15-30(16-14-19)20-12-10-11-18(3)27-20/h10-12,19H,8-9,13-17H2,1-7H3,(H,29,31)(H2,25,26,28). The molecule has 1 saturated heterocycles. The molecule has 0 aliphatic carbocycles. The summed E-state index contributed by atoms with van der Waals surface area (Å²) in [4.78, 5) is 23.8. The fraction of sp³-hybridized carbons (Fsp3) is 0.708. The Kier molecular flexibility index (Phi) is 9.16. The Morgan fingerprint density at radius 2 is 1.88 bits per heavy atom. The van der Waals surface area contributed by atoms with Crippen molar-refractivity contribution in [2.45, 2.75) is 84.4 Å². The van der Waals surface area contributed by atoms with Crippen molar-refractivity contribution in [3.05, 3.63) is 23.9 Å². The third-order valence-electron chi connectivity index (χ3n) is 5.97. The normalized spacial score (nSPS) is 16.0. The number of alkyl carbamates (subject to hydrolysis) is 1. The number of aliphatic imine (C=N–C) groups is 1. The van der Waals surface area contributed by atoms with E-state index < -0.39 is 11.1 Å². The van der Waals surface area contributed by atoms with Gasteiger partial charge in [-0.2, -0.15) is 0 Å². The average molecular weight is 447 g/mol. The Hall–Kier alpha value is -2.51. The summed E-state index contributed by atoms with van der Waals surface area (Å²) in [6.45, 7) is 14.3. The molecule has 0 unspecified atom stereocenters. The molecule has 8 heteroatoms. The number of ether oxygens (including phenoxy) is 1. The molecular weight excluding hydrogens is 404 g/mol. The summed E-state index contributed by atoms with van der Waals surface area (Å²) in [7, 11) is 1.78. The highest BCUT2D eigenvalue weighted by atomic mass is 16.6. The molecule has 2 rings (SSSR count).